The van der Waals surface area contributed by atoms with Crippen LogP contribution in [0.1, 0.15) is 0 Å². The third-order valence-corrected chi connectivity index (χ3v) is 4.82. The van der Waals surface area contributed by atoms with E-state index >= 15 is 0 Å². The molecule has 1 amide bonds. The van der Waals surface area contributed by atoms with Crippen molar-refractivity contribution in [2.75, 3.05) is 24.3 Å². The second kappa shape index (κ2) is 7.71. The number of hydrogen-bond acceptors (Lipinski definition) is 5. The van der Waals surface area contributed by atoms with Crippen LogP contribution in [0.25, 0.3) is 5.69 Å². The number of ether oxygens (including phenoxy) is 2. The van der Waals surface area contributed by atoms with Crippen LogP contribution in [0.2, 0.25) is 0 Å². The van der Waals surface area contributed by atoms with E-state index in [1.807, 2.05) is 0 Å². The maximum atomic E-state index is 13.4. The molecule has 1 aliphatic rings. The van der Waals surface area contributed by atoms with Crippen LogP contribution in [-0.2, 0) is 4.79 Å². The van der Waals surface area contributed by atoms with Crippen molar-refractivity contribution >= 4 is 23.4 Å². The van der Waals surface area contributed by atoms with Crippen LogP contribution in [0.3, 0.4) is 0 Å². The van der Waals surface area contributed by atoms with Crippen molar-refractivity contribution in [1.29, 1.82) is 0 Å². The minimum atomic E-state index is -0.325. The lowest BCUT2D eigenvalue weighted by atomic mass is 10.2. The Morgan fingerprint density at radius 1 is 1.19 bits per heavy atom. The van der Waals surface area contributed by atoms with Gasteiger partial charge in [-0.15, -0.1) is 0 Å². The van der Waals surface area contributed by atoms with Gasteiger partial charge in [-0.25, -0.2) is 9.37 Å². The van der Waals surface area contributed by atoms with E-state index in [2.05, 4.69) is 10.3 Å². The van der Waals surface area contributed by atoms with Crippen LogP contribution in [0.5, 0.6) is 11.5 Å². The van der Waals surface area contributed by atoms with E-state index in [0.717, 1.165) is 0 Å². The van der Waals surface area contributed by atoms with E-state index < -0.39 is 0 Å². The average molecular weight is 385 g/mol. The quantitative estimate of drug-likeness (QED) is 0.681. The molecule has 1 N–H and O–H groups in total. The van der Waals surface area contributed by atoms with Crippen molar-refractivity contribution in [2.45, 2.75) is 5.16 Å². The predicted octanol–water partition coefficient (Wildman–Crippen LogP) is 3.51. The molecule has 1 aliphatic heterocycles. The number of thioether (sulfide) groups is 1. The number of halogens is 1. The Kier molecular flexibility index (Phi) is 4.97. The van der Waals surface area contributed by atoms with Gasteiger partial charge in [0, 0.05) is 24.1 Å². The molecule has 2 heterocycles. The number of benzene rings is 2. The van der Waals surface area contributed by atoms with Gasteiger partial charge in [0.2, 0.25) is 5.91 Å². The third-order valence-electron chi connectivity index (χ3n) is 3.85. The number of fused-ring (bicyclic) bond motifs is 1. The number of nitrogens with one attached hydrogen (secondary N) is 1. The zero-order chi connectivity index (χ0) is 18.6. The Labute approximate surface area is 159 Å². The molecule has 0 saturated carbocycles. The van der Waals surface area contributed by atoms with E-state index in [0.29, 0.717) is 41.2 Å². The summed E-state index contributed by atoms with van der Waals surface area (Å²) < 4.78 is 26.2. The third kappa shape index (κ3) is 4.06. The summed E-state index contributed by atoms with van der Waals surface area (Å²) in [4.78, 5) is 16.5. The van der Waals surface area contributed by atoms with Gasteiger partial charge in [0.15, 0.2) is 16.7 Å². The number of imidazole rings is 1. The Bertz CT molecular complexity index is 976. The molecule has 0 bridgehead atoms. The van der Waals surface area contributed by atoms with E-state index in [1.54, 1.807) is 47.3 Å². The zero-order valence-electron chi connectivity index (χ0n) is 14.2. The monoisotopic (exact) mass is 385 g/mol. The molecule has 6 nitrogen and oxygen atoms in total. The zero-order valence-corrected chi connectivity index (χ0v) is 15.0. The smallest absolute Gasteiger partial charge is 0.234 e. The molecule has 0 radical (unpaired) electrons. The minimum absolute atomic E-state index is 0.167. The Balaban J connectivity index is 1.40. The molecule has 0 fully saturated rings. The largest absolute Gasteiger partial charge is 0.486 e. The Morgan fingerprint density at radius 2 is 2.04 bits per heavy atom. The first-order valence-corrected chi connectivity index (χ1v) is 9.29. The van der Waals surface area contributed by atoms with Gasteiger partial charge in [-0.1, -0.05) is 17.8 Å². The second-order valence-corrected chi connectivity index (χ2v) is 6.70. The van der Waals surface area contributed by atoms with Gasteiger partial charge >= 0.3 is 0 Å². The Morgan fingerprint density at radius 3 is 2.89 bits per heavy atom. The summed E-state index contributed by atoms with van der Waals surface area (Å²) in [5, 5.41) is 3.44. The lowest BCUT2D eigenvalue weighted by Crippen LogP contribution is -2.17. The maximum absolute atomic E-state index is 13.4. The molecule has 2 aromatic carbocycles. The molecule has 0 saturated heterocycles. The lowest BCUT2D eigenvalue weighted by molar-refractivity contribution is -0.113. The average Bonchev–Trinajstić information content (AvgIpc) is 3.15. The van der Waals surface area contributed by atoms with Gasteiger partial charge in [0.1, 0.15) is 19.0 Å². The fourth-order valence-corrected chi connectivity index (χ4v) is 3.44. The minimum Gasteiger partial charge on any atom is -0.486 e. The van der Waals surface area contributed by atoms with Crippen LogP contribution in [0.4, 0.5) is 10.1 Å². The highest BCUT2D eigenvalue weighted by molar-refractivity contribution is 7.99. The van der Waals surface area contributed by atoms with Crippen molar-refractivity contribution in [2.24, 2.45) is 0 Å². The molecule has 0 atom stereocenters. The van der Waals surface area contributed by atoms with E-state index in [-0.39, 0.29) is 17.5 Å². The highest BCUT2D eigenvalue weighted by Gasteiger charge is 2.14. The van der Waals surface area contributed by atoms with E-state index in [9.17, 15) is 9.18 Å². The summed E-state index contributed by atoms with van der Waals surface area (Å²) in [5.74, 6) is 0.957. The van der Waals surface area contributed by atoms with E-state index in [4.69, 9.17) is 9.47 Å². The molecule has 3 aromatic rings. The van der Waals surface area contributed by atoms with Crippen LogP contribution < -0.4 is 14.8 Å². The van der Waals surface area contributed by atoms with E-state index in [1.165, 1.54) is 23.9 Å². The predicted molar refractivity (Wildman–Crippen MR) is 100 cm³/mol. The SMILES string of the molecule is O=C(CSc1nccn1-c1cccc(F)c1)Nc1ccc2c(c1)OCCO2. The molecular formula is C19H16FN3O3S. The van der Waals surface area contributed by atoms with Crippen molar-refractivity contribution < 1.29 is 18.7 Å². The summed E-state index contributed by atoms with van der Waals surface area (Å²) >= 11 is 1.27. The van der Waals surface area contributed by atoms with Crippen LogP contribution in [-0.4, -0.2) is 34.4 Å². The normalized spacial score (nSPS) is 12.6. The first-order valence-electron chi connectivity index (χ1n) is 8.31. The standard InChI is InChI=1S/C19H16FN3O3S/c20-13-2-1-3-15(10-13)23-7-6-21-19(23)27-12-18(24)22-14-4-5-16-17(11-14)26-9-8-25-16/h1-7,10-11H,8-9,12H2,(H,22,24). The number of nitrogens with zero attached hydrogens (tertiary/aromatic N) is 2. The summed E-state index contributed by atoms with van der Waals surface area (Å²) in [6.07, 6.45) is 3.35. The van der Waals surface area contributed by atoms with Crippen molar-refractivity contribution in [3.63, 3.8) is 0 Å². The molecule has 0 unspecified atom stereocenters. The van der Waals surface area contributed by atoms with Crippen molar-refractivity contribution in [3.8, 4) is 17.2 Å². The van der Waals surface area contributed by atoms with Gasteiger partial charge in [0.25, 0.3) is 0 Å². The number of amides is 1. The summed E-state index contributed by atoms with van der Waals surface area (Å²) in [6, 6.07) is 11.5. The molecule has 0 aliphatic carbocycles. The topological polar surface area (TPSA) is 65.4 Å². The van der Waals surface area contributed by atoms with Gasteiger partial charge in [-0.3, -0.25) is 9.36 Å². The van der Waals surface area contributed by atoms with Crippen molar-refractivity contribution in [3.05, 3.63) is 60.7 Å². The maximum Gasteiger partial charge on any atom is 0.234 e. The van der Waals surface area contributed by atoms with Gasteiger partial charge in [-0.05, 0) is 30.3 Å². The van der Waals surface area contributed by atoms with Gasteiger partial charge < -0.3 is 14.8 Å². The number of carbonyl (C=O) groups excluding carboxylic acids is 1. The van der Waals surface area contributed by atoms with Crippen LogP contribution >= 0.6 is 11.8 Å². The van der Waals surface area contributed by atoms with Gasteiger partial charge in [0.05, 0.1) is 11.4 Å². The summed E-state index contributed by atoms with van der Waals surface area (Å²) in [6.45, 7) is 1.01. The fourth-order valence-electron chi connectivity index (χ4n) is 2.67. The number of rotatable bonds is 5. The number of carbonyl (C=O) groups is 1. The molecule has 4 rings (SSSR count). The first kappa shape index (κ1) is 17.4. The molecule has 27 heavy (non-hydrogen) atoms. The fraction of sp³-hybridized carbons (Fsp3) is 0.158. The highest BCUT2D eigenvalue weighted by Crippen LogP contribution is 2.32. The van der Waals surface area contributed by atoms with Crippen molar-refractivity contribution in [1.82, 2.24) is 9.55 Å². The van der Waals surface area contributed by atoms with Crippen LogP contribution in [0, 0.1) is 5.82 Å². The van der Waals surface area contributed by atoms with Gasteiger partial charge in [-0.2, -0.15) is 0 Å². The number of hydrogen-bond donors (Lipinski definition) is 1. The second-order valence-electron chi connectivity index (χ2n) is 5.75. The molecular weight excluding hydrogens is 369 g/mol. The summed E-state index contributed by atoms with van der Waals surface area (Å²) in [5.41, 5.74) is 1.29. The highest BCUT2D eigenvalue weighted by atomic mass is 32.2. The molecule has 1 aromatic heterocycles. The number of anilines is 1. The Hall–Kier alpha value is -3.00. The summed E-state index contributed by atoms with van der Waals surface area (Å²) in [7, 11) is 0. The number of aromatic nitrogens is 2. The molecule has 8 heteroatoms. The lowest BCUT2D eigenvalue weighted by Gasteiger charge is -2.19. The van der Waals surface area contributed by atoms with Crippen LogP contribution in [0.15, 0.2) is 60.0 Å². The first-order chi connectivity index (χ1) is 13.2. The molecule has 138 valence electrons. The molecule has 0 spiro atoms.